The first-order valence-electron chi connectivity index (χ1n) is 8.61. The lowest BCUT2D eigenvalue weighted by molar-refractivity contribution is -0.113. The van der Waals surface area contributed by atoms with Crippen molar-refractivity contribution in [1.82, 2.24) is 14.8 Å². The zero-order valence-electron chi connectivity index (χ0n) is 15.5. The molecular weight excluding hydrogens is 459 g/mol. The van der Waals surface area contributed by atoms with Crippen molar-refractivity contribution in [2.24, 2.45) is 0 Å². The number of hydrogen-bond acceptors (Lipinski definition) is 5. The number of aromatic hydroxyl groups is 1. The van der Waals surface area contributed by atoms with Crippen LogP contribution in [-0.4, -0.2) is 31.5 Å². The van der Waals surface area contributed by atoms with E-state index in [-0.39, 0.29) is 17.4 Å². The summed E-state index contributed by atoms with van der Waals surface area (Å²) in [5, 5.41) is 21.7. The van der Waals surface area contributed by atoms with Crippen molar-refractivity contribution < 1.29 is 14.3 Å². The molecule has 0 fully saturated rings. The van der Waals surface area contributed by atoms with E-state index in [0.717, 1.165) is 10.0 Å². The van der Waals surface area contributed by atoms with Crippen molar-refractivity contribution in [2.45, 2.75) is 18.6 Å². The van der Waals surface area contributed by atoms with Gasteiger partial charge in [-0.1, -0.05) is 39.8 Å². The third kappa shape index (κ3) is 5.04. The molecule has 0 saturated heterocycles. The van der Waals surface area contributed by atoms with Gasteiger partial charge in [0.05, 0.1) is 11.3 Å². The van der Waals surface area contributed by atoms with Crippen LogP contribution < -0.4 is 5.32 Å². The summed E-state index contributed by atoms with van der Waals surface area (Å²) in [5.41, 5.74) is 1.72. The number of carbonyl (C=O) groups is 1. The maximum Gasteiger partial charge on any atom is 0.234 e. The lowest BCUT2D eigenvalue weighted by Crippen LogP contribution is -2.15. The summed E-state index contributed by atoms with van der Waals surface area (Å²) in [5.74, 6) is -0.101. The molecule has 150 valence electrons. The number of aryl methyl sites for hydroxylation is 1. The van der Waals surface area contributed by atoms with Crippen LogP contribution in [0.5, 0.6) is 5.75 Å². The van der Waals surface area contributed by atoms with Crippen LogP contribution in [0, 0.1) is 12.7 Å². The Morgan fingerprint density at radius 1 is 1.34 bits per heavy atom. The molecule has 0 spiro atoms. The van der Waals surface area contributed by atoms with Crippen LogP contribution in [0.25, 0.3) is 11.4 Å². The fraction of sp³-hybridized carbons (Fsp3) is 0.150. The normalized spacial score (nSPS) is 10.7. The van der Waals surface area contributed by atoms with Gasteiger partial charge >= 0.3 is 0 Å². The zero-order chi connectivity index (χ0) is 21.0. The van der Waals surface area contributed by atoms with Crippen molar-refractivity contribution in [3.8, 4) is 17.1 Å². The Morgan fingerprint density at radius 2 is 2.14 bits per heavy atom. The number of thioether (sulfide) groups is 1. The Balaban J connectivity index is 1.78. The summed E-state index contributed by atoms with van der Waals surface area (Å²) in [7, 11) is 0. The molecule has 6 nitrogen and oxygen atoms in total. The van der Waals surface area contributed by atoms with Crippen LogP contribution in [0.4, 0.5) is 10.1 Å². The second kappa shape index (κ2) is 9.23. The molecule has 0 radical (unpaired) electrons. The molecule has 1 heterocycles. The van der Waals surface area contributed by atoms with Gasteiger partial charge < -0.3 is 10.4 Å². The lowest BCUT2D eigenvalue weighted by Gasteiger charge is -2.10. The van der Waals surface area contributed by atoms with E-state index in [9.17, 15) is 14.3 Å². The maximum atomic E-state index is 13.4. The fourth-order valence-corrected chi connectivity index (χ4v) is 3.73. The summed E-state index contributed by atoms with van der Waals surface area (Å²) in [6.07, 6.45) is 1.68. The first-order chi connectivity index (χ1) is 13.9. The SMILES string of the molecule is C=CCn1c(SCC(=O)Nc2cc(F)ccc2C)nnc1-c1cc(Br)ccc1O. The standard InChI is InChI=1S/C20H18BrFN4O2S/c1-3-8-26-19(15-9-13(21)5-7-17(15)27)24-25-20(26)29-11-18(28)23-16-10-14(22)6-4-12(16)2/h3-7,9-10,27H,1,8,11H2,2H3,(H,23,28). The minimum atomic E-state index is -0.414. The van der Waals surface area contributed by atoms with Crippen LogP contribution in [0.2, 0.25) is 0 Å². The quantitative estimate of drug-likeness (QED) is 0.378. The summed E-state index contributed by atoms with van der Waals surface area (Å²) in [6, 6.07) is 9.26. The number of phenolic OH excluding ortho intramolecular Hbond substituents is 1. The van der Waals surface area contributed by atoms with Crippen molar-refractivity contribution in [1.29, 1.82) is 0 Å². The average molecular weight is 477 g/mol. The van der Waals surface area contributed by atoms with Crippen molar-refractivity contribution in [3.63, 3.8) is 0 Å². The topological polar surface area (TPSA) is 80.0 Å². The zero-order valence-corrected chi connectivity index (χ0v) is 17.9. The Labute approximate surface area is 180 Å². The highest BCUT2D eigenvalue weighted by molar-refractivity contribution is 9.10. The van der Waals surface area contributed by atoms with Crippen LogP contribution >= 0.6 is 27.7 Å². The number of aromatic nitrogens is 3. The van der Waals surface area contributed by atoms with Crippen molar-refractivity contribution >= 4 is 39.3 Å². The molecule has 0 aliphatic rings. The van der Waals surface area contributed by atoms with E-state index >= 15 is 0 Å². The van der Waals surface area contributed by atoms with E-state index in [1.54, 1.807) is 41.8 Å². The van der Waals surface area contributed by atoms with Crippen LogP contribution in [-0.2, 0) is 11.3 Å². The first kappa shape index (κ1) is 21.1. The Kier molecular flexibility index (Phi) is 6.71. The maximum absolute atomic E-state index is 13.4. The number of benzene rings is 2. The third-order valence-corrected chi connectivity index (χ3v) is 5.49. The van der Waals surface area contributed by atoms with E-state index in [2.05, 4.69) is 38.0 Å². The number of carbonyl (C=O) groups excluding carboxylic acids is 1. The number of phenols is 1. The van der Waals surface area contributed by atoms with E-state index < -0.39 is 5.82 Å². The summed E-state index contributed by atoms with van der Waals surface area (Å²) in [4.78, 5) is 12.3. The van der Waals surface area contributed by atoms with Gasteiger partial charge in [-0.15, -0.1) is 16.8 Å². The van der Waals surface area contributed by atoms with Gasteiger partial charge in [0.15, 0.2) is 11.0 Å². The summed E-state index contributed by atoms with van der Waals surface area (Å²) in [6.45, 7) is 5.94. The van der Waals surface area contributed by atoms with Gasteiger partial charge in [0, 0.05) is 16.7 Å². The predicted molar refractivity (Wildman–Crippen MR) is 116 cm³/mol. The second-order valence-electron chi connectivity index (χ2n) is 6.16. The summed E-state index contributed by atoms with van der Waals surface area (Å²) < 4.78 is 16.0. The highest BCUT2D eigenvalue weighted by Crippen LogP contribution is 2.32. The third-order valence-electron chi connectivity index (χ3n) is 4.03. The Morgan fingerprint density at radius 3 is 2.90 bits per heavy atom. The molecule has 0 aliphatic heterocycles. The Bertz CT molecular complexity index is 1070. The smallest absolute Gasteiger partial charge is 0.234 e. The number of anilines is 1. The van der Waals surface area contributed by atoms with E-state index in [1.807, 2.05) is 0 Å². The Hall–Kier alpha value is -2.65. The number of hydrogen-bond donors (Lipinski definition) is 2. The number of rotatable bonds is 7. The number of allylic oxidation sites excluding steroid dienone is 1. The minimum absolute atomic E-state index is 0.0652. The molecule has 1 amide bonds. The van der Waals surface area contributed by atoms with Gasteiger partial charge in [0.1, 0.15) is 11.6 Å². The van der Waals surface area contributed by atoms with Crippen LogP contribution in [0.3, 0.4) is 0 Å². The van der Waals surface area contributed by atoms with Gasteiger partial charge in [-0.05, 0) is 42.8 Å². The van der Waals surface area contributed by atoms with Gasteiger partial charge in [-0.2, -0.15) is 0 Å². The molecule has 9 heteroatoms. The molecule has 3 rings (SSSR count). The molecule has 1 aromatic heterocycles. The molecular formula is C20H18BrFN4O2S. The predicted octanol–water partition coefficient (Wildman–Crippen LogP) is 4.78. The van der Waals surface area contributed by atoms with Crippen LogP contribution in [0.1, 0.15) is 5.56 Å². The van der Waals surface area contributed by atoms with Gasteiger partial charge in [-0.3, -0.25) is 9.36 Å². The average Bonchev–Trinajstić information content (AvgIpc) is 3.08. The molecule has 0 bridgehead atoms. The van der Waals surface area contributed by atoms with Crippen molar-refractivity contribution in [3.05, 3.63) is 64.9 Å². The van der Waals surface area contributed by atoms with Gasteiger partial charge in [0.2, 0.25) is 5.91 Å². The minimum Gasteiger partial charge on any atom is -0.507 e. The highest BCUT2D eigenvalue weighted by atomic mass is 79.9. The largest absolute Gasteiger partial charge is 0.507 e. The molecule has 2 aromatic carbocycles. The van der Waals surface area contributed by atoms with E-state index in [1.165, 1.54) is 23.9 Å². The molecule has 3 aromatic rings. The van der Waals surface area contributed by atoms with Crippen LogP contribution in [0.15, 0.2) is 58.7 Å². The van der Waals surface area contributed by atoms with Crippen molar-refractivity contribution in [2.75, 3.05) is 11.1 Å². The second-order valence-corrected chi connectivity index (χ2v) is 8.02. The molecule has 0 aliphatic carbocycles. The molecule has 0 atom stereocenters. The number of nitrogens with one attached hydrogen (secondary N) is 1. The van der Waals surface area contributed by atoms with E-state index in [4.69, 9.17) is 0 Å². The number of amides is 1. The molecule has 0 saturated carbocycles. The first-order valence-corrected chi connectivity index (χ1v) is 10.4. The number of halogens is 2. The molecule has 0 unspecified atom stereocenters. The van der Waals surface area contributed by atoms with E-state index in [0.29, 0.717) is 28.8 Å². The summed E-state index contributed by atoms with van der Waals surface area (Å²) >= 11 is 4.57. The molecule has 2 N–H and O–H groups in total. The lowest BCUT2D eigenvalue weighted by atomic mass is 10.2. The highest BCUT2D eigenvalue weighted by Gasteiger charge is 2.18. The monoisotopic (exact) mass is 476 g/mol. The fourth-order valence-electron chi connectivity index (χ4n) is 2.62. The van der Waals surface area contributed by atoms with Gasteiger partial charge in [-0.25, -0.2) is 4.39 Å². The van der Waals surface area contributed by atoms with Gasteiger partial charge in [0.25, 0.3) is 0 Å². The number of nitrogens with zero attached hydrogens (tertiary/aromatic N) is 3. The molecule has 29 heavy (non-hydrogen) atoms.